The Morgan fingerprint density at radius 2 is 2.35 bits per heavy atom. The number of ether oxygens (including phenoxy) is 1. The van der Waals surface area contributed by atoms with Crippen LogP contribution in [-0.2, 0) is 4.74 Å². The van der Waals surface area contributed by atoms with Gasteiger partial charge in [0.2, 0.25) is 11.8 Å². The summed E-state index contributed by atoms with van der Waals surface area (Å²) < 4.78 is 5.29. The van der Waals surface area contributed by atoms with Gasteiger partial charge in [-0.2, -0.15) is 4.98 Å². The van der Waals surface area contributed by atoms with Gasteiger partial charge < -0.3 is 15.8 Å². The lowest BCUT2D eigenvalue weighted by molar-refractivity contribution is -0.384. The molecule has 3 N–H and O–H groups in total. The lowest BCUT2D eigenvalue weighted by Crippen LogP contribution is -2.15. The Bertz CT molecular complexity index is 396. The van der Waals surface area contributed by atoms with Crippen LogP contribution in [0, 0.1) is 10.1 Å². The van der Waals surface area contributed by atoms with E-state index in [2.05, 4.69) is 15.3 Å². The summed E-state index contributed by atoms with van der Waals surface area (Å²) in [6, 6.07) is 0. The van der Waals surface area contributed by atoms with Gasteiger partial charge >= 0.3 is 5.69 Å². The van der Waals surface area contributed by atoms with Crippen LogP contribution in [0.25, 0.3) is 0 Å². The van der Waals surface area contributed by atoms with Crippen molar-refractivity contribution in [2.24, 2.45) is 0 Å². The van der Waals surface area contributed by atoms with E-state index in [0.717, 1.165) is 6.20 Å². The van der Waals surface area contributed by atoms with E-state index < -0.39 is 4.92 Å². The minimum atomic E-state index is -0.564. The fourth-order valence-corrected chi connectivity index (χ4v) is 1.12. The van der Waals surface area contributed by atoms with E-state index >= 15 is 0 Å². The quantitative estimate of drug-likeness (QED) is 0.430. The van der Waals surface area contributed by atoms with Gasteiger partial charge in [-0.05, 0) is 13.8 Å². The predicted molar refractivity (Wildman–Crippen MR) is 62.7 cm³/mol. The molecule has 1 aromatic heterocycles. The number of hydrogen-bond acceptors (Lipinski definition) is 7. The molecule has 0 aliphatic heterocycles. The third-order valence-electron chi connectivity index (χ3n) is 1.83. The third kappa shape index (κ3) is 4.19. The van der Waals surface area contributed by atoms with E-state index in [4.69, 9.17) is 10.5 Å². The molecule has 0 aliphatic carbocycles. The van der Waals surface area contributed by atoms with Crippen molar-refractivity contribution in [2.75, 3.05) is 24.2 Å². The largest absolute Gasteiger partial charge is 0.377 e. The van der Waals surface area contributed by atoms with Crippen molar-refractivity contribution in [3.63, 3.8) is 0 Å². The zero-order valence-electron chi connectivity index (χ0n) is 9.71. The zero-order chi connectivity index (χ0) is 12.8. The topological polar surface area (TPSA) is 116 Å². The molecular formula is C9H15N5O3. The van der Waals surface area contributed by atoms with E-state index in [1.165, 1.54) is 0 Å². The molecule has 0 bridgehead atoms. The van der Waals surface area contributed by atoms with E-state index in [1.54, 1.807) is 0 Å². The molecule has 0 spiro atoms. The number of anilines is 2. The first kappa shape index (κ1) is 13.1. The van der Waals surface area contributed by atoms with E-state index in [9.17, 15) is 10.1 Å². The summed E-state index contributed by atoms with van der Waals surface area (Å²) in [5.41, 5.74) is 5.16. The molecule has 8 heteroatoms. The number of nitrogens with one attached hydrogen (secondary N) is 1. The second-order valence-electron chi connectivity index (χ2n) is 3.57. The summed E-state index contributed by atoms with van der Waals surface area (Å²) in [7, 11) is 0. The number of nitro groups is 1. The normalized spacial score (nSPS) is 10.5. The Labute approximate surface area is 98.4 Å². The maximum Gasteiger partial charge on any atom is 0.329 e. The highest BCUT2D eigenvalue weighted by molar-refractivity contribution is 5.56. The number of nitrogens with zero attached hydrogens (tertiary/aromatic N) is 3. The average Bonchev–Trinajstić information content (AvgIpc) is 2.23. The van der Waals surface area contributed by atoms with Gasteiger partial charge in [0.05, 0.1) is 17.6 Å². The van der Waals surface area contributed by atoms with Crippen LogP contribution in [0.4, 0.5) is 17.5 Å². The summed E-state index contributed by atoms with van der Waals surface area (Å²) in [6.45, 7) is 4.66. The Balaban J connectivity index is 2.62. The predicted octanol–water partition coefficient (Wildman–Crippen LogP) is 0.804. The van der Waals surface area contributed by atoms with Crippen molar-refractivity contribution in [1.29, 1.82) is 0 Å². The Hall–Kier alpha value is -1.96. The number of nitrogens with two attached hydrogens (primary N) is 1. The maximum absolute atomic E-state index is 10.7. The fourth-order valence-electron chi connectivity index (χ4n) is 1.12. The zero-order valence-corrected chi connectivity index (χ0v) is 9.71. The number of aromatic nitrogens is 2. The highest BCUT2D eigenvalue weighted by atomic mass is 16.6. The highest BCUT2D eigenvalue weighted by Crippen LogP contribution is 2.20. The number of hydrogen-bond donors (Lipinski definition) is 2. The summed E-state index contributed by atoms with van der Waals surface area (Å²) in [5.74, 6) is 0.0951. The molecule has 1 heterocycles. The Morgan fingerprint density at radius 3 is 2.94 bits per heavy atom. The fraction of sp³-hybridized carbons (Fsp3) is 0.556. The summed E-state index contributed by atoms with van der Waals surface area (Å²) >= 11 is 0. The van der Waals surface area contributed by atoms with Gasteiger partial charge in [-0.15, -0.1) is 0 Å². The SMILES string of the molecule is CC(C)OCCNc1nc(N)ncc1[N+](=O)[O-]. The van der Waals surface area contributed by atoms with Crippen LogP contribution in [-0.4, -0.2) is 34.1 Å². The van der Waals surface area contributed by atoms with Crippen molar-refractivity contribution < 1.29 is 9.66 Å². The molecule has 0 saturated heterocycles. The van der Waals surface area contributed by atoms with Gasteiger partial charge in [-0.25, -0.2) is 4.98 Å². The van der Waals surface area contributed by atoms with Crippen LogP contribution in [0.1, 0.15) is 13.8 Å². The molecule has 94 valence electrons. The van der Waals surface area contributed by atoms with Crippen LogP contribution in [0.2, 0.25) is 0 Å². The van der Waals surface area contributed by atoms with E-state index in [0.29, 0.717) is 13.2 Å². The van der Waals surface area contributed by atoms with Crippen molar-refractivity contribution in [1.82, 2.24) is 9.97 Å². The summed E-state index contributed by atoms with van der Waals surface area (Å²) in [6.07, 6.45) is 1.19. The van der Waals surface area contributed by atoms with Crippen LogP contribution in [0.5, 0.6) is 0 Å². The van der Waals surface area contributed by atoms with Crippen molar-refractivity contribution in [2.45, 2.75) is 20.0 Å². The molecule has 0 saturated carbocycles. The molecule has 0 radical (unpaired) electrons. The molecular weight excluding hydrogens is 226 g/mol. The van der Waals surface area contributed by atoms with Gasteiger partial charge in [0.15, 0.2) is 0 Å². The molecule has 0 unspecified atom stereocenters. The third-order valence-corrected chi connectivity index (χ3v) is 1.83. The Morgan fingerprint density at radius 1 is 1.65 bits per heavy atom. The summed E-state index contributed by atoms with van der Waals surface area (Å²) in [5, 5.41) is 13.5. The van der Waals surface area contributed by atoms with Gasteiger partial charge in [0.1, 0.15) is 6.20 Å². The van der Waals surface area contributed by atoms with Gasteiger partial charge in [-0.3, -0.25) is 10.1 Å². The average molecular weight is 241 g/mol. The monoisotopic (exact) mass is 241 g/mol. The number of nitrogen functional groups attached to an aromatic ring is 1. The number of rotatable bonds is 6. The molecule has 0 aliphatic rings. The molecule has 1 aromatic rings. The molecule has 8 nitrogen and oxygen atoms in total. The van der Waals surface area contributed by atoms with Crippen molar-refractivity contribution in [3.05, 3.63) is 16.3 Å². The second kappa shape index (κ2) is 5.94. The van der Waals surface area contributed by atoms with Gasteiger partial charge in [0.25, 0.3) is 0 Å². The van der Waals surface area contributed by atoms with Gasteiger partial charge in [-0.1, -0.05) is 0 Å². The molecule has 0 amide bonds. The molecule has 1 rings (SSSR count). The molecule has 17 heavy (non-hydrogen) atoms. The highest BCUT2D eigenvalue weighted by Gasteiger charge is 2.15. The van der Waals surface area contributed by atoms with Crippen LogP contribution in [0.3, 0.4) is 0 Å². The second-order valence-corrected chi connectivity index (χ2v) is 3.57. The smallest absolute Gasteiger partial charge is 0.329 e. The van der Waals surface area contributed by atoms with E-state index in [1.807, 2.05) is 13.8 Å². The maximum atomic E-state index is 10.7. The van der Waals surface area contributed by atoms with Crippen LogP contribution in [0.15, 0.2) is 6.20 Å². The van der Waals surface area contributed by atoms with Crippen LogP contribution < -0.4 is 11.1 Å². The first-order valence-electron chi connectivity index (χ1n) is 5.13. The molecule has 0 aromatic carbocycles. The first-order chi connectivity index (χ1) is 8.00. The van der Waals surface area contributed by atoms with Crippen molar-refractivity contribution in [3.8, 4) is 0 Å². The molecule has 0 fully saturated rings. The van der Waals surface area contributed by atoms with Crippen LogP contribution >= 0.6 is 0 Å². The Kier molecular flexibility index (Phi) is 4.58. The lowest BCUT2D eigenvalue weighted by Gasteiger charge is -2.09. The summed E-state index contributed by atoms with van der Waals surface area (Å²) in [4.78, 5) is 17.5. The molecule has 0 atom stereocenters. The minimum Gasteiger partial charge on any atom is -0.377 e. The van der Waals surface area contributed by atoms with Crippen molar-refractivity contribution >= 4 is 17.5 Å². The van der Waals surface area contributed by atoms with Gasteiger partial charge in [0, 0.05) is 6.54 Å². The standard InChI is InChI=1S/C9H15N5O3/c1-6(2)17-4-3-11-8-7(14(15)16)5-12-9(10)13-8/h5-6H,3-4H2,1-2H3,(H3,10,11,12,13). The first-order valence-corrected chi connectivity index (χ1v) is 5.13. The minimum absolute atomic E-state index is 0.0112. The lowest BCUT2D eigenvalue weighted by atomic mass is 10.4. The van der Waals surface area contributed by atoms with E-state index in [-0.39, 0.29) is 23.6 Å².